The molecule has 4 nitrogen and oxygen atoms in total. The van der Waals surface area contributed by atoms with Gasteiger partial charge in [-0.1, -0.05) is 32.4 Å². The van der Waals surface area contributed by atoms with E-state index in [1.54, 1.807) is 7.11 Å². The molecule has 1 aliphatic rings. The monoisotopic (exact) mass is 319 g/mol. The summed E-state index contributed by atoms with van der Waals surface area (Å²) >= 11 is 0. The minimum absolute atomic E-state index is 0.144. The summed E-state index contributed by atoms with van der Waals surface area (Å²) in [7, 11) is 3.15. The zero-order valence-electron chi connectivity index (χ0n) is 15.2. The first-order valence-electron chi connectivity index (χ1n) is 8.41. The largest absolute Gasteiger partial charge is 0.495 e. The van der Waals surface area contributed by atoms with E-state index in [9.17, 15) is 4.79 Å². The summed E-state index contributed by atoms with van der Waals surface area (Å²) in [4.78, 5) is 14.7. The van der Waals surface area contributed by atoms with Gasteiger partial charge in [-0.15, -0.1) is 0 Å². The Morgan fingerprint density at radius 2 is 2.09 bits per heavy atom. The molecular formula is C19H29NO3. The molecular weight excluding hydrogens is 290 g/mol. The molecule has 2 atom stereocenters. The molecule has 0 saturated heterocycles. The SMILES string of the molecule is CCC[C@@H](C(=O)OC)N1c2c(OC)cccc2[C@@H](C)CC1(C)C. The molecule has 1 aromatic carbocycles. The smallest absolute Gasteiger partial charge is 0.328 e. The average molecular weight is 319 g/mol. The highest BCUT2D eigenvalue weighted by atomic mass is 16.5. The van der Waals surface area contributed by atoms with Crippen LogP contribution in [0.4, 0.5) is 5.69 Å². The van der Waals surface area contributed by atoms with Gasteiger partial charge in [-0.3, -0.25) is 0 Å². The molecule has 0 aliphatic carbocycles. The number of carbonyl (C=O) groups is 1. The van der Waals surface area contributed by atoms with Gasteiger partial charge in [-0.2, -0.15) is 0 Å². The normalized spacial score (nSPS) is 20.6. The van der Waals surface area contributed by atoms with Gasteiger partial charge in [0.1, 0.15) is 11.8 Å². The van der Waals surface area contributed by atoms with E-state index in [1.807, 2.05) is 12.1 Å². The number of benzene rings is 1. The fraction of sp³-hybridized carbons (Fsp3) is 0.632. The third kappa shape index (κ3) is 3.17. The number of nitrogens with zero attached hydrogens (tertiary/aromatic N) is 1. The number of fused-ring (bicyclic) bond motifs is 1. The van der Waals surface area contributed by atoms with E-state index in [0.717, 1.165) is 30.7 Å². The van der Waals surface area contributed by atoms with Crippen LogP contribution < -0.4 is 9.64 Å². The standard InChI is InChI=1S/C19H29NO3/c1-7-9-15(18(21)23-6)20-17-14(10-8-11-16(17)22-5)13(2)12-19(20,3)4/h8,10-11,13,15H,7,9,12H2,1-6H3/t13-,15-/m0/s1. The van der Waals surface area contributed by atoms with Crippen LogP contribution in [0.1, 0.15) is 58.4 Å². The van der Waals surface area contributed by atoms with Crippen molar-refractivity contribution in [2.45, 2.75) is 64.5 Å². The lowest BCUT2D eigenvalue weighted by molar-refractivity contribution is -0.142. The summed E-state index contributed by atoms with van der Waals surface area (Å²) in [6, 6.07) is 5.85. The molecule has 0 unspecified atom stereocenters. The van der Waals surface area contributed by atoms with Crippen molar-refractivity contribution in [1.82, 2.24) is 0 Å². The summed E-state index contributed by atoms with van der Waals surface area (Å²) in [6.07, 6.45) is 2.68. The van der Waals surface area contributed by atoms with Crippen molar-refractivity contribution in [1.29, 1.82) is 0 Å². The summed E-state index contributed by atoms with van der Waals surface area (Å²) in [5, 5.41) is 0. The number of esters is 1. The van der Waals surface area contributed by atoms with Crippen LogP contribution in [0.3, 0.4) is 0 Å². The molecule has 4 heteroatoms. The molecule has 0 saturated carbocycles. The van der Waals surface area contributed by atoms with Crippen molar-refractivity contribution in [3.63, 3.8) is 0 Å². The van der Waals surface area contributed by atoms with Gasteiger partial charge < -0.3 is 14.4 Å². The highest BCUT2D eigenvalue weighted by Crippen LogP contribution is 2.49. The molecule has 0 fully saturated rings. The van der Waals surface area contributed by atoms with Gasteiger partial charge in [-0.05, 0) is 44.2 Å². The number of ether oxygens (including phenoxy) is 2. The fourth-order valence-electron chi connectivity index (χ4n) is 3.96. The highest BCUT2D eigenvalue weighted by Gasteiger charge is 2.43. The highest BCUT2D eigenvalue weighted by molar-refractivity contribution is 5.83. The van der Waals surface area contributed by atoms with E-state index < -0.39 is 0 Å². The van der Waals surface area contributed by atoms with Crippen LogP contribution in [-0.4, -0.2) is 31.8 Å². The van der Waals surface area contributed by atoms with E-state index >= 15 is 0 Å². The van der Waals surface area contributed by atoms with Crippen LogP contribution in [-0.2, 0) is 9.53 Å². The van der Waals surface area contributed by atoms with Gasteiger partial charge in [-0.25, -0.2) is 4.79 Å². The number of methoxy groups -OCH3 is 2. The number of hydrogen-bond donors (Lipinski definition) is 0. The van der Waals surface area contributed by atoms with Crippen LogP contribution in [0, 0.1) is 0 Å². The van der Waals surface area contributed by atoms with Crippen LogP contribution in [0.5, 0.6) is 5.75 Å². The van der Waals surface area contributed by atoms with Crippen molar-refractivity contribution in [2.24, 2.45) is 0 Å². The maximum atomic E-state index is 12.5. The molecule has 1 aliphatic heterocycles. The number of hydrogen-bond acceptors (Lipinski definition) is 4. The van der Waals surface area contributed by atoms with Crippen LogP contribution in [0.25, 0.3) is 0 Å². The Balaban J connectivity index is 2.64. The van der Waals surface area contributed by atoms with Gasteiger partial charge in [0.2, 0.25) is 0 Å². The summed E-state index contributed by atoms with van der Waals surface area (Å²) in [5.41, 5.74) is 2.14. The van der Waals surface area contributed by atoms with Crippen molar-refractivity contribution >= 4 is 11.7 Å². The first-order valence-corrected chi connectivity index (χ1v) is 8.41. The number of rotatable bonds is 5. The summed E-state index contributed by atoms with van der Waals surface area (Å²) < 4.78 is 10.7. The maximum Gasteiger partial charge on any atom is 0.328 e. The zero-order chi connectivity index (χ0) is 17.2. The van der Waals surface area contributed by atoms with Crippen molar-refractivity contribution in [3.05, 3.63) is 23.8 Å². The third-order valence-corrected chi connectivity index (χ3v) is 4.83. The lowest BCUT2D eigenvalue weighted by atomic mass is 9.78. The Morgan fingerprint density at radius 1 is 1.39 bits per heavy atom. The van der Waals surface area contributed by atoms with Crippen LogP contribution in [0.2, 0.25) is 0 Å². The molecule has 0 radical (unpaired) electrons. The topological polar surface area (TPSA) is 38.8 Å². The summed E-state index contributed by atoms with van der Waals surface area (Å²) in [5.74, 6) is 1.07. The van der Waals surface area contributed by atoms with Gasteiger partial charge in [0.15, 0.2) is 0 Å². The quantitative estimate of drug-likeness (QED) is 0.765. The second-order valence-electron chi connectivity index (χ2n) is 7.01. The van der Waals surface area contributed by atoms with Crippen molar-refractivity contribution in [3.8, 4) is 5.75 Å². The second-order valence-corrected chi connectivity index (χ2v) is 7.01. The molecule has 128 valence electrons. The molecule has 0 spiro atoms. The van der Waals surface area contributed by atoms with Crippen molar-refractivity contribution < 1.29 is 14.3 Å². The zero-order valence-corrected chi connectivity index (χ0v) is 15.2. The van der Waals surface area contributed by atoms with Gasteiger partial charge in [0, 0.05) is 5.54 Å². The van der Waals surface area contributed by atoms with Crippen molar-refractivity contribution in [2.75, 3.05) is 19.1 Å². The van der Waals surface area contributed by atoms with Gasteiger partial charge >= 0.3 is 5.97 Å². The Kier molecular flexibility index (Phi) is 5.23. The fourth-order valence-corrected chi connectivity index (χ4v) is 3.96. The molecule has 2 rings (SSSR count). The molecule has 0 bridgehead atoms. The maximum absolute atomic E-state index is 12.5. The Bertz CT molecular complexity index is 568. The molecule has 0 amide bonds. The van der Waals surface area contributed by atoms with E-state index in [1.165, 1.54) is 12.7 Å². The second kappa shape index (κ2) is 6.81. The first-order chi connectivity index (χ1) is 10.9. The molecule has 23 heavy (non-hydrogen) atoms. The number of anilines is 1. The third-order valence-electron chi connectivity index (χ3n) is 4.83. The van der Waals surface area contributed by atoms with Gasteiger partial charge in [0.25, 0.3) is 0 Å². The predicted molar refractivity (Wildman–Crippen MR) is 93.3 cm³/mol. The Morgan fingerprint density at radius 3 is 2.65 bits per heavy atom. The average Bonchev–Trinajstić information content (AvgIpc) is 2.52. The molecule has 0 aromatic heterocycles. The first kappa shape index (κ1) is 17.6. The predicted octanol–water partition coefficient (Wildman–Crippen LogP) is 4.13. The van der Waals surface area contributed by atoms with E-state index in [2.05, 4.69) is 38.7 Å². The molecule has 0 N–H and O–H groups in total. The minimum atomic E-state index is -0.289. The Labute approximate surface area is 139 Å². The number of carbonyl (C=O) groups excluding carboxylic acids is 1. The molecule has 1 heterocycles. The Hall–Kier alpha value is -1.71. The van der Waals surface area contributed by atoms with Crippen LogP contribution >= 0.6 is 0 Å². The minimum Gasteiger partial charge on any atom is -0.495 e. The van der Waals surface area contributed by atoms with E-state index in [-0.39, 0.29) is 17.6 Å². The van der Waals surface area contributed by atoms with E-state index in [4.69, 9.17) is 9.47 Å². The van der Waals surface area contributed by atoms with Gasteiger partial charge in [0.05, 0.1) is 19.9 Å². The number of para-hydroxylation sites is 1. The van der Waals surface area contributed by atoms with E-state index in [0.29, 0.717) is 5.92 Å². The lowest BCUT2D eigenvalue weighted by Gasteiger charge is -2.50. The van der Waals surface area contributed by atoms with Crippen LogP contribution in [0.15, 0.2) is 18.2 Å². The summed E-state index contributed by atoms with van der Waals surface area (Å²) in [6.45, 7) is 8.73. The lowest BCUT2D eigenvalue weighted by Crippen LogP contribution is -2.56. The molecule has 1 aromatic rings.